The molecular formula is C35H43N9O3. The number of nitriles is 1. The highest BCUT2D eigenvalue weighted by Gasteiger charge is 2.47. The third-order valence-electron chi connectivity index (χ3n) is 10.2. The van der Waals surface area contributed by atoms with Crippen LogP contribution in [0.1, 0.15) is 101 Å². The molecule has 12 nitrogen and oxygen atoms in total. The fourth-order valence-corrected chi connectivity index (χ4v) is 7.66. The summed E-state index contributed by atoms with van der Waals surface area (Å²) in [7, 11) is 0. The number of carbonyl (C=O) groups excluding carboxylic acids is 3. The number of tetrazole rings is 1. The zero-order chi connectivity index (χ0) is 33.0. The number of benzene rings is 2. The van der Waals surface area contributed by atoms with Gasteiger partial charge in [0.25, 0.3) is 11.8 Å². The van der Waals surface area contributed by atoms with Crippen molar-refractivity contribution in [3.63, 3.8) is 0 Å². The van der Waals surface area contributed by atoms with Gasteiger partial charge < -0.3 is 20.9 Å². The van der Waals surface area contributed by atoms with Crippen LogP contribution in [0.25, 0.3) is 0 Å². The smallest absolute Gasteiger partial charge is 0.251 e. The first kappa shape index (κ1) is 32.3. The topological polar surface area (TPSA) is 169 Å². The van der Waals surface area contributed by atoms with E-state index in [4.69, 9.17) is 0 Å². The molecule has 1 saturated heterocycles. The Labute approximate surface area is 275 Å². The zero-order valence-electron chi connectivity index (χ0n) is 27.1. The number of aryl methyl sites for hydroxylation is 2. The second-order valence-corrected chi connectivity index (χ2v) is 12.9. The number of carbonyl (C=O) groups is 3. The summed E-state index contributed by atoms with van der Waals surface area (Å²) in [4.78, 5) is 41.0. The fraction of sp³-hybridized carbons (Fsp3) is 0.514. The number of rotatable bonds is 11. The monoisotopic (exact) mass is 637 g/mol. The molecule has 3 amide bonds. The number of hydrogen-bond donors (Lipinski definition) is 4. The van der Waals surface area contributed by atoms with E-state index in [1.165, 1.54) is 0 Å². The molecule has 1 unspecified atom stereocenters. The van der Waals surface area contributed by atoms with Gasteiger partial charge in [0.05, 0.1) is 18.0 Å². The lowest BCUT2D eigenvalue weighted by Crippen LogP contribution is -2.50. The Balaban J connectivity index is 1.47. The van der Waals surface area contributed by atoms with Gasteiger partial charge in [-0.1, -0.05) is 18.6 Å². The summed E-state index contributed by atoms with van der Waals surface area (Å²) in [5, 5.41) is 34.8. The van der Waals surface area contributed by atoms with Gasteiger partial charge in [-0.05, 0) is 122 Å². The van der Waals surface area contributed by atoms with Crippen LogP contribution in [0, 0.1) is 17.2 Å². The third-order valence-corrected chi connectivity index (χ3v) is 10.2. The van der Waals surface area contributed by atoms with Gasteiger partial charge in [-0.25, -0.2) is 5.10 Å². The summed E-state index contributed by atoms with van der Waals surface area (Å²) in [5.74, 6) is 0.578. The maximum Gasteiger partial charge on any atom is 0.251 e. The molecule has 2 atom stereocenters. The molecule has 2 fully saturated rings. The minimum Gasteiger partial charge on any atom is -0.352 e. The molecule has 47 heavy (non-hydrogen) atoms. The molecule has 0 radical (unpaired) electrons. The average molecular weight is 638 g/mol. The number of hydrogen-bond acceptors (Lipinski definition) is 8. The van der Waals surface area contributed by atoms with Gasteiger partial charge in [0.15, 0.2) is 5.82 Å². The Hall–Kier alpha value is -4.63. The van der Waals surface area contributed by atoms with Crippen LogP contribution in [-0.2, 0) is 23.1 Å². The molecule has 2 aromatic carbocycles. The van der Waals surface area contributed by atoms with Crippen LogP contribution in [0.5, 0.6) is 0 Å². The first-order valence-corrected chi connectivity index (χ1v) is 16.9. The number of nitrogens with zero attached hydrogens (tertiary/aromatic N) is 5. The van der Waals surface area contributed by atoms with Gasteiger partial charge in [0, 0.05) is 36.8 Å². The highest BCUT2D eigenvalue weighted by atomic mass is 16.2. The quantitative estimate of drug-likeness (QED) is 0.249. The number of aromatic amines is 1. The van der Waals surface area contributed by atoms with E-state index in [-0.39, 0.29) is 36.3 Å². The van der Waals surface area contributed by atoms with Crippen molar-refractivity contribution in [3.8, 4) is 6.07 Å². The molecule has 1 saturated carbocycles. The molecule has 4 N–H and O–H groups in total. The van der Waals surface area contributed by atoms with Crippen molar-refractivity contribution in [2.45, 2.75) is 82.7 Å². The van der Waals surface area contributed by atoms with E-state index in [0.717, 1.165) is 47.9 Å². The van der Waals surface area contributed by atoms with Crippen molar-refractivity contribution >= 4 is 17.7 Å². The summed E-state index contributed by atoms with van der Waals surface area (Å²) < 4.78 is 0. The molecule has 0 bridgehead atoms. The Morgan fingerprint density at radius 2 is 1.62 bits per heavy atom. The Morgan fingerprint density at radius 3 is 2.13 bits per heavy atom. The molecule has 1 aliphatic heterocycles. The number of aromatic nitrogens is 4. The van der Waals surface area contributed by atoms with Crippen molar-refractivity contribution in [2.24, 2.45) is 5.92 Å². The lowest BCUT2D eigenvalue weighted by molar-refractivity contribution is -0.130. The minimum absolute atomic E-state index is 0.0615. The zero-order valence-corrected chi connectivity index (χ0v) is 27.1. The Kier molecular flexibility index (Phi) is 9.63. The van der Waals surface area contributed by atoms with E-state index >= 15 is 0 Å². The van der Waals surface area contributed by atoms with Gasteiger partial charge in [-0.3, -0.25) is 14.4 Å². The molecule has 246 valence electrons. The van der Waals surface area contributed by atoms with Crippen molar-refractivity contribution in [1.29, 1.82) is 5.26 Å². The number of fused-ring (bicyclic) bond motifs is 2. The normalized spacial score (nSPS) is 19.0. The second-order valence-electron chi connectivity index (χ2n) is 12.9. The van der Waals surface area contributed by atoms with E-state index in [2.05, 4.69) is 42.6 Å². The van der Waals surface area contributed by atoms with Crippen LogP contribution in [0.4, 0.5) is 0 Å². The fourth-order valence-electron chi connectivity index (χ4n) is 7.66. The number of amides is 3. The maximum atomic E-state index is 13.4. The highest BCUT2D eigenvalue weighted by Crippen LogP contribution is 2.49. The summed E-state index contributed by atoms with van der Waals surface area (Å²) in [6.45, 7) is 5.58. The first-order chi connectivity index (χ1) is 22.9. The molecule has 6 rings (SSSR count). The van der Waals surface area contributed by atoms with E-state index < -0.39 is 5.41 Å². The summed E-state index contributed by atoms with van der Waals surface area (Å²) in [5.41, 5.74) is 4.31. The lowest BCUT2D eigenvalue weighted by Gasteiger charge is -2.42. The van der Waals surface area contributed by atoms with Crippen LogP contribution in [0.15, 0.2) is 36.4 Å². The number of nitrogens with one attached hydrogen (secondary N) is 4. The van der Waals surface area contributed by atoms with Crippen LogP contribution in [0.3, 0.4) is 0 Å². The van der Waals surface area contributed by atoms with Crippen LogP contribution in [0.2, 0.25) is 0 Å². The van der Waals surface area contributed by atoms with E-state index in [1.807, 2.05) is 50.2 Å². The van der Waals surface area contributed by atoms with Crippen molar-refractivity contribution in [1.82, 2.24) is 41.5 Å². The van der Waals surface area contributed by atoms with Gasteiger partial charge in [0.2, 0.25) is 5.91 Å². The Morgan fingerprint density at radius 1 is 0.979 bits per heavy atom. The average Bonchev–Trinajstić information content (AvgIpc) is 3.75. The van der Waals surface area contributed by atoms with E-state index in [9.17, 15) is 19.6 Å². The highest BCUT2D eigenvalue weighted by molar-refractivity contribution is 5.95. The van der Waals surface area contributed by atoms with Gasteiger partial charge in [-0.2, -0.15) is 5.26 Å². The Bertz CT molecular complexity index is 1590. The minimum atomic E-state index is -0.872. The molecular weight excluding hydrogens is 594 g/mol. The molecule has 1 aromatic heterocycles. The van der Waals surface area contributed by atoms with Crippen LogP contribution >= 0.6 is 0 Å². The van der Waals surface area contributed by atoms with Crippen LogP contribution in [-0.4, -0.2) is 81.5 Å². The summed E-state index contributed by atoms with van der Waals surface area (Å²) >= 11 is 0. The van der Waals surface area contributed by atoms with E-state index in [1.54, 1.807) is 4.90 Å². The maximum absolute atomic E-state index is 13.4. The van der Waals surface area contributed by atoms with Crippen molar-refractivity contribution < 1.29 is 14.4 Å². The van der Waals surface area contributed by atoms with Gasteiger partial charge in [0.1, 0.15) is 6.04 Å². The van der Waals surface area contributed by atoms with Gasteiger partial charge in [-0.15, -0.1) is 5.10 Å². The second kappa shape index (κ2) is 14.0. The van der Waals surface area contributed by atoms with Crippen molar-refractivity contribution in [2.75, 3.05) is 26.2 Å². The molecule has 2 heterocycles. The third kappa shape index (κ3) is 6.24. The van der Waals surface area contributed by atoms with E-state index in [0.29, 0.717) is 68.2 Å². The summed E-state index contributed by atoms with van der Waals surface area (Å²) in [6.07, 6.45) is 6.59. The molecule has 3 aliphatic rings. The molecule has 12 heteroatoms. The summed E-state index contributed by atoms with van der Waals surface area (Å²) in [6, 6.07) is 13.6. The predicted octanol–water partition coefficient (Wildman–Crippen LogP) is 2.80. The first-order valence-electron chi connectivity index (χ1n) is 16.9. The number of H-pyrrole nitrogens is 1. The van der Waals surface area contributed by atoms with Crippen molar-refractivity contribution in [3.05, 3.63) is 75.6 Å². The SMILES string of the molecule is CCNC(=O)c1ccc2c(c1)CCc1cc(C(=O)NCC)ccc1C2(C[C@@H](NCC(=O)N1CCCC1C#N)C1CCC1)c1nnn[nH]1. The molecule has 0 spiro atoms. The van der Waals surface area contributed by atoms with Gasteiger partial charge >= 0.3 is 0 Å². The predicted molar refractivity (Wildman–Crippen MR) is 174 cm³/mol. The standard InChI is InChI=1S/C35H43N9O3/c1-3-37-32(46)25-12-14-28-23(17-25)10-11-24-18-26(33(47)38-4-2)13-15-29(24)35(28,34-40-42-43-41-34)19-30(22-7-5-8-22)39-21-31(45)44-16-6-9-27(44)20-36/h12-15,17-18,22,27,30,39H,3-11,16,19,21H2,1-2H3,(H,37,46)(H,38,47)(H,40,41,42,43)/t27?,30-/m1/s1. The lowest BCUT2D eigenvalue weighted by atomic mass is 9.64. The number of likely N-dealkylation sites (tertiary alicyclic amines) is 1. The molecule has 3 aromatic rings. The molecule has 2 aliphatic carbocycles. The van der Waals surface area contributed by atoms with Crippen LogP contribution < -0.4 is 16.0 Å². The largest absolute Gasteiger partial charge is 0.352 e.